The molecule has 55 heavy (non-hydrogen) atoms. The van der Waals surface area contributed by atoms with Crippen molar-refractivity contribution >= 4 is 23.5 Å². The van der Waals surface area contributed by atoms with Crippen LogP contribution in [0.25, 0.3) is 0 Å². The summed E-state index contributed by atoms with van der Waals surface area (Å²) in [7, 11) is 3.69. The second-order valence-corrected chi connectivity index (χ2v) is 16.0. The lowest BCUT2D eigenvalue weighted by molar-refractivity contribution is -0.384. The van der Waals surface area contributed by atoms with Gasteiger partial charge in [-0.15, -0.1) is 0 Å². The monoisotopic (exact) mass is 781 g/mol. The number of nitro benzene ring substituents is 1. The molecule has 2 aliphatic heterocycles. The van der Waals surface area contributed by atoms with Crippen LogP contribution >= 0.6 is 0 Å². The van der Waals surface area contributed by atoms with Crippen LogP contribution in [0.3, 0.4) is 0 Å². The van der Waals surface area contributed by atoms with Gasteiger partial charge < -0.3 is 49.2 Å². The third-order valence-electron chi connectivity index (χ3n) is 11.1. The number of amides is 1. The fourth-order valence-corrected chi connectivity index (χ4v) is 8.01. The molecule has 2 saturated heterocycles. The van der Waals surface area contributed by atoms with Gasteiger partial charge in [0.2, 0.25) is 5.91 Å². The molecule has 1 aromatic rings. The number of hydrogen-bond donors (Lipinski definition) is 4. The van der Waals surface area contributed by atoms with Crippen molar-refractivity contribution in [1.82, 2.24) is 10.2 Å². The summed E-state index contributed by atoms with van der Waals surface area (Å²) in [4.78, 5) is 53.9. The number of nitrogens with zero attached hydrogens (tertiary/aromatic N) is 2. The molecule has 0 spiro atoms. The molecule has 1 amide bonds. The number of esters is 2. The molecule has 4 N–H and O–H groups in total. The Morgan fingerprint density at radius 2 is 1.67 bits per heavy atom. The van der Waals surface area contributed by atoms with Crippen molar-refractivity contribution in [1.29, 1.82) is 0 Å². The van der Waals surface area contributed by atoms with Gasteiger partial charge in [0.1, 0.15) is 23.9 Å². The summed E-state index contributed by atoms with van der Waals surface area (Å²) in [6.07, 6.45) is -7.41. The van der Waals surface area contributed by atoms with E-state index in [-0.39, 0.29) is 43.7 Å². The van der Waals surface area contributed by atoms with E-state index >= 15 is 0 Å². The van der Waals surface area contributed by atoms with Crippen molar-refractivity contribution in [3.8, 4) is 0 Å². The standard InChI is InChI=1S/C39H63N3O13/c1-12-29-39(9,48)33(45)25(7)35(46)40-21(3)20-38(8,51-13-2)34(55-37-31(44)28(41(10)11)18-22(4)52-37)23(5)32(24(6)36(47)53-29)54-30(43)19-26-14-16-27(17-15-26)42(49)50/h14-17,21-25,28-29,31-34,37,44-45,48H,12-13,18-20H2,1-11H3,(H,40,46)/t21-,22-,23+,24-,25-,28+,29-,31-,32+,33-,34-,37+,38-,39-/m1/s1. The van der Waals surface area contributed by atoms with Crippen LogP contribution in [0.4, 0.5) is 5.69 Å². The van der Waals surface area contributed by atoms with E-state index in [0.29, 0.717) is 12.0 Å². The number of non-ortho nitro benzene ring substituents is 1. The molecule has 1 aromatic carbocycles. The molecule has 2 heterocycles. The molecule has 16 heteroatoms. The Balaban J connectivity index is 2.20. The van der Waals surface area contributed by atoms with E-state index in [2.05, 4.69) is 5.32 Å². The summed E-state index contributed by atoms with van der Waals surface area (Å²) in [5, 5.41) is 48.6. The Labute approximate surface area is 324 Å². The van der Waals surface area contributed by atoms with Gasteiger partial charge in [-0.1, -0.05) is 32.9 Å². The summed E-state index contributed by atoms with van der Waals surface area (Å²) >= 11 is 0. The fraction of sp³-hybridized carbons (Fsp3) is 0.769. The number of carbonyl (C=O) groups is 3. The zero-order valence-electron chi connectivity index (χ0n) is 34.1. The largest absolute Gasteiger partial charge is 0.461 e. The number of ether oxygens (including phenoxy) is 5. The molecule has 0 unspecified atom stereocenters. The molecule has 0 aromatic heterocycles. The van der Waals surface area contributed by atoms with Crippen LogP contribution in [0, 0.1) is 27.9 Å². The van der Waals surface area contributed by atoms with Crippen LogP contribution in [-0.4, -0.2) is 130 Å². The van der Waals surface area contributed by atoms with Crippen molar-refractivity contribution in [2.24, 2.45) is 17.8 Å². The maximum atomic E-state index is 14.1. The second kappa shape index (κ2) is 19.3. The number of likely N-dealkylation sites (N-methyl/N-ethyl adjacent to an activating group) is 1. The maximum absolute atomic E-state index is 14.1. The lowest BCUT2D eigenvalue weighted by Crippen LogP contribution is -2.60. The first-order valence-corrected chi connectivity index (χ1v) is 19.2. The number of cyclic esters (lactones) is 1. The number of nitro groups is 1. The Hall–Kier alpha value is -3.25. The van der Waals surface area contributed by atoms with Crippen LogP contribution in [0.1, 0.15) is 87.1 Å². The van der Waals surface area contributed by atoms with Gasteiger partial charge >= 0.3 is 11.9 Å². The highest BCUT2D eigenvalue weighted by Gasteiger charge is 2.52. The van der Waals surface area contributed by atoms with Crippen LogP contribution in [0.2, 0.25) is 0 Å². The predicted molar refractivity (Wildman–Crippen MR) is 201 cm³/mol. The van der Waals surface area contributed by atoms with Crippen LogP contribution in [0.5, 0.6) is 0 Å². The van der Waals surface area contributed by atoms with Gasteiger partial charge in [-0.3, -0.25) is 24.5 Å². The van der Waals surface area contributed by atoms with Crippen LogP contribution in [-0.2, 0) is 44.5 Å². The van der Waals surface area contributed by atoms with Crippen molar-refractivity contribution in [2.45, 2.75) is 154 Å². The Morgan fingerprint density at radius 3 is 2.22 bits per heavy atom. The van der Waals surface area contributed by atoms with Gasteiger partial charge in [-0.05, 0) is 80.5 Å². The van der Waals surface area contributed by atoms with Crippen molar-refractivity contribution < 1.29 is 58.3 Å². The van der Waals surface area contributed by atoms with Crippen molar-refractivity contribution in [3.05, 3.63) is 39.9 Å². The highest BCUT2D eigenvalue weighted by atomic mass is 16.7. The zero-order valence-corrected chi connectivity index (χ0v) is 34.1. The molecule has 3 rings (SSSR count). The van der Waals surface area contributed by atoms with Gasteiger partial charge in [0, 0.05) is 36.7 Å². The summed E-state index contributed by atoms with van der Waals surface area (Å²) in [5.41, 5.74) is -3.06. The summed E-state index contributed by atoms with van der Waals surface area (Å²) in [6.45, 7) is 15.0. The van der Waals surface area contributed by atoms with Gasteiger partial charge in [-0.25, -0.2) is 0 Å². The molecule has 312 valence electrons. The second-order valence-electron chi connectivity index (χ2n) is 16.0. The van der Waals surface area contributed by atoms with Gasteiger partial charge in [0.05, 0.1) is 47.1 Å². The first kappa shape index (κ1) is 46.1. The minimum Gasteiger partial charge on any atom is -0.461 e. The molecular weight excluding hydrogens is 718 g/mol. The Kier molecular flexibility index (Phi) is 16.2. The van der Waals surface area contributed by atoms with Crippen molar-refractivity contribution in [3.63, 3.8) is 0 Å². The average Bonchev–Trinajstić information content (AvgIpc) is 3.11. The van der Waals surface area contributed by atoms with Crippen LogP contribution in [0.15, 0.2) is 24.3 Å². The minimum atomic E-state index is -2.06. The zero-order chi connectivity index (χ0) is 41.6. The molecule has 0 aliphatic carbocycles. The quantitative estimate of drug-likeness (QED) is 0.153. The number of carbonyl (C=O) groups excluding carboxylic acids is 3. The lowest BCUT2D eigenvalue weighted by atomic mass is 9.78. The van der Waals surface area contributed by atoms with Crippen LogP contribution < -0.4 is 5.32 Å². The minimum absolute atomic E-state index is 0.0731. The maximum Gasteiger partial charge on any atom is 0.312 e. The molecule has 0 saturated carbocycles. The smallest absolute Gasteiger partial charge is 0.312 e. The Morgan fingerprint density at radius 1 is 1.05 bits per heavy atom. The first-order chi connectivity index (χ1) is 25.6. The summed E-state index contributed by atoms with van der Waals surface area (Å²) in [6, 6.07) is 4.49. The Bertz CT molecular complexity index is 1460. The number of aliphatic hydroxyl groups is 3. The number of nitrogens with one attached hydrogen (secondary N) is 1. The van der Waals surface area contributed by atoms with Crippen molar-refractivity contribution in [2.75, 3.05) is 20.7 Å². The van der Waals surface area contributed by atoms with E-state index in [0.717, 1.165) is 0 Å². The third kappa shape index (κ3) is 11.2. The van der Waals surface area contributed by atoms with E-state index in [9.17, 15) is 39.8 Å². The molecular formula is C39H63N3O13. The molecule has 16 nitrogen and oxygen atoms in total. The average molecular weight is 782 g/mol. The van der Waals surface area contributed by atoms with E-state index < -0.39 is 94.6 Å². The van der Waals surface area contributed by atoms with E-state index in [1.165, 1.54) is 45.0 Å². The van der Waals surface area contributed by atoms with E-state index in [1.54, 1.807) is 34.6 Å². The van der Waals surface area contributed by atoms with Gasteiger partial charge in [0.15, 0.2) is 6.29 Å². The molecule has 2 fully saturated rings. The first-order valence-electron chi connectivity index (χ1n) is 19.2. The van der Waals surface area contributed by atoms with E-state index in [4.69, 9.17) is 23.7 Å². The third-order valence-corrected chi connectivity index (χ3v) is 11.1. The number of aliphatic hydroxyl groups excluding tert-OH is 2. The highest BCUT2D eigenvalue weighted by molar-refractivity contribution is 5.79. The molecule has 14 atom stereocenters. The van der Waals surface area contributed by atoms with Gasteiger partial charge in [-0.2, -0.15) is 0 Å². The predicted octanol–water partition coefficient (Wildman–Crippen LogP) is 2.91. The normalized spacial score (nSPS) is 38.3. The number of rotatable bonds is 10. The molecule has 2 aliphatic rings. The lowest BCUT2D eigenvalue weighted by Gasteiger charge is -2.48. The fourth-order valence-electron chi connectivity index (χ4n) is 8.01. The summed E-state index contributed by atoms with van der Waals surface area (Å²) < 4.78 is 31.4. The number of hydrogen-bond acceptors (Lipinski definition) is 14. The molecule has 0 radical (unpaired) electrons. The summed E-state index contributed by atoms with van der Waals surface area (Å²) in [5.74, 6) is -5.36. The highest BCUT2D eigenvalue weighted by Crippen LogP contribution is 2.38. The van der Waals surface area contributed by atoms with E-state index in [1.807, 2.05) is 25.9 Å². The molecule has 0 bridgehead atoms. The number of benzene rings is 1. The SMILES string of the molecule is CCO[C@]1(C)C[C@@H](C)NC(=O)[C@H](C)[C@@H](O)[C@](C)(O)[C@@H](CC)OC(=O)[C@H](C)[C@@H](OC(=O)Cc2ccc([N+](=O)[O-])cc2)[C@H](C)[C@H]1O[C@@H]1O[C@H](C)C[C@H](N(C)C)[C@H]1O. The van der Waals surface area contributed by atoms with Gasteiger partial charge in [0.25, 0.3) is 5.69 Å². The topological polar surface area (TPSA) is 216 Å².